The molecule has 0 fully saturated rings. The molecular weight excluding hydrogens is 390 g/mol. The predicted octanol–water partition coefficient (Wildman–Crippen LogP) is 4.34. The van der Waals surface area contributed by atoms with Crippen LogP contribution in [0.3, 0.4) is 0 Å². The first kappa shape index (κ1) is 17.9. The molecule has 1 heterocycles. The number of hydrogen-bond acceptors (Lipinski definition) is 5. The van der Waals surface area contributed by atoms with Crippen LogP contribution in [0.2, 0.25) is 0 Å². The topological polar surface area (TPSA) is 95.9 Å². The molecule has 0 saturated heterocycles. The van der Waals surface area contributed by atoms with Crippen molar-refractivity contribution in [3.63, 3.8) is 0 Å². The van der Waals surface area contributed by atoms with Gasteiger partial charge in [-0.2, -0.15) is 0 Å². The molecule has 3 rings (SSSR count). The number of ether oxygens (including phenoxy) is 1. The molecule has 0 radical (unpaired) electrons. The van der Waals surface area contributed by atoms with Gasteiger partial charge in [-0.1, -0.05) is 42.5 Å². The SMILES string of the molecule is O=C(O)/C=C\C(=O)O.[2H]C([2H])([2H])NCC[C@H](Oc1cccc2ccccc12)c1cccs1. The van der Waals surface area contributed by atoms with Crippen LogP contribution >= 0.6 is 11.3 Å². The fourth-order valence-corrected chi connectivity index (χ4v) is 3.32. The van der Waals surface area contributed by atoms with E-state index in [9.17, 15) is 9.59 Å². The summed E-state index contributed by atoms with van der Waals surface area (Å²) in [4.78, 5) is 20.2. The molecule has 7 heteroatoms. The number of benzene rings is 2. The van der Waals surface area contributed by atoms with Crippen LogP contribution in [0.5, 0.6) is 5.75 Å². The Morgan fingerprint density at radius 3 is 2.48 bits per heavy atom. The second kappa shape index (κ2) is 11.6. The lowest BCUT2D eigenvalue weighted by molar-refractivity contribution is -0.134. The van der Waals surface area contributed by atoms with E-state index in [0.29, 0.717) is 25.1 Å². The zero-order chi connectivity index (χ0) is 23.6. The van der Waals surface area contributed by atoms with Gasteiger partial charge in [-0.05, 0) is 36.4 Å². The normalized spacial score (nSPS) is 13.6. The summed E-state index contributed by atoms with van der Waals surface area (Å²) in [6, 6.07) is 18.1. The largest absolute Gasteiger partial charge is 0.484 e. The van der Waals surface area contributed by atoms with Crippen LogP contribution in [-0.2, 0) is 9.59 Å². The third-order valence-electron chi connectivity index (χ3n) is 3.78. The van der Waals surface area contributed by atoms with Gasteiger partial charge in [0.05, 0.1) is 0 Å². The molecule has 0 saturated carbocycles. The molecule has 3 aromatic rings. The maximum absolute atomic E-state index is 9.55. The zero-order valence-electron chi connectivity index (χ0n) is 18.4. The maximum atomic E-state index is 9.55. The Balaban J connectivity index is 0.000000390. The lowest BCUT2D eigenvalue weighted by Crippen LogP contribution is -2.15. The van der Waals surface area contributed by atoms with Gasteiger partial charge < -0.3 is 20.3 Å². The van der Waals surface area contributed by atoms with Crippen LogP contribution in [0.25, 0.3) is 10.8 Å². The van der Waals surface area contributed by atoms with E-state index in [2.05, 4.69) is 17.4 Å². The van der Waals surface area contributed by atoms with Crippen LogP contribution in [-0.4, -0.2) is 35.7 Å². The Hall–Kier alpha value is -3.16. The summed E-state index contributed by atoms with van der Waals surface area (Å²) in [5, 5.41) is 22.4. The highest BCUT2D eigenvalue weighted by Crippen LogP contribution is 2.32. The second-order valence-electron chi connectivity index (χ2n) is 5.82. The number of carbonyl (C=O) groups is 2. The van der Waals surface area contributed by atoms with Crippen LogP contribution in [0.4, 0.5) is 0 Å². The fraction of sp³-hybridized carbons (Fsp3) is 0.182. The number of fused-ring (bicyclic) bond motifs is 1. The molecule has 2 aromatic carbocycles. The molecule has 1 atom stereocenters. The van der Waals surface area contributed by atoms with Crippen LogP contribution in [0.15, 0.2) is 72.1 Å². The third kappa shape index (κ3) is 7.40. The van der Waals surface area contributed by atoms with Crippen molar-refractivity contribution in [2.75, 3.05) is 13.5 Å². The van der Waals surface area contributed by atoms with Crippen molar-refractivity contribution < 1.29 is 28.7 Å². The number of carboxylic acid groups (broad SMARTS) is 2. The molecule has 0 aliphatic rings. The van der Waals surface area contributed by atoms with Crippen LogP contribution in [0, 0.1) is 0 Å². The molecule has 29 heavy (non-hydrogen) atoms. The first-order valence-electron chi connectivity index (χ1n) is 10.2. The molecule has 0 aliphatic carbocycles. The predicted molar refractivity (Wildman–Crippen MR) is 115 cm³/mol. The minimum absolute atomic E-state index is 0.175. The molecule has 0 spiro atoms. The van der Waals surface area contributed by atoms with E-state index in [1.165, 1.54) is 0 Å². The van der Waals surface area contributed by atoms with Crippen LogP contribution < -0.4 is 10.1 Å². The molecule has 1 aromatic heterocycles. The van der Waals surface area contributed by atoms with Gasteiger partial charge >= 0.3 is 11.9 Å². The molecule has 0 unspecified atom stereocenters. The number of nitrogens with one attached hydrogen (secondary N) is 1. The number of carboxylic acids is 2. The monoisotopic (exact) mass is 416 g/mol. The van der Waals surface area contributed by atoms with E-state index < -0.39 is 18.9 Å². The van der Waals surface area contributed by atoms with Crippen molar-refractivity contribution in [3.8, 4) is 5.75 Å². The average Bonchev–Trinajstić information content (AvgIpc) is 3.26. The minimum Gasteiger partial charge on any atom is -0.484 e. The summed E-state index contributed by atoms with van der Waals surface area (Å²) in [7, 11) is 0. The smallest absolute Gasteiger partial charge is 0.328 e. The van der Waals surface area contributed by atoms with E-state index in [1.54, 1.807) is 11.3 Å². The Morgan fingerprint density at radius 2 is 1.83 bits per heavy atom. The van der Waals surface area contributed by atoms with E-state index in [-0.39, 0.29) is 6.10 Å². The van der Waals surface area contributed by atoms with E-state index in [1.807, 2.05) is 47.8 Å². The summed E-state index contributed by atoms with van der Waals surface area (Å²) in [5.74, 6) is -1.69. The molecular formula is C22H23NO5S. The minimum atomic E-state index is -2.13. The molecule has 0 bridgehead atoms. The van der Waals surface area contributed by atoms with Gasteiger partial charge in [0, 0.05) is 32.9 Å². The molecule has 0 amide bonds. The standard InChI is InChI=1S/C18H19NOS.C4H4O4/c1-19-12-11-17(18-10-5-13-21-18)20-16-9-4-7-14-6-2-3-8-15(14)16;5-3(6)1-2-4(7)8/h2-10,13,17,19H,11-12H2,1H3;1-2H,(H,5,6)(H,7,8)/b;2-1-/t17-;/m0./s1/i1D3;. The van der Waals surface area contributed by atoms with Crippen molar-refractivity contribution >= 4 is 34.0 Å². The highest BCUT2D eigenvalue weighted by Gasteiger charge is 2.15. The second-order valence-corrected chi connectivity index (χ2v) is 6.80. The summed E-state index contributed by atoms with van der Waals surface area (Å²) in [6.45, 7) is -1.76. The third-order valence-corrected chi connectivity index (χ3v) is 4.74. The quantitative estimate of drug-likeness (QED) is 0.473. The highest BCUT2D eigenvalue weighted by atomic mass is 32.1. The van der Waals surface area contributed by atoms with Gasteiger partial charge in [-0.3, -0.25) is 0 Å². The molecule has 6 nitrogen and oxygen atoms in total. The average molecular weight is 417 g/mol. The summed E-state index contributed by atoms with van der Waals surface area (Å²) >= 11 is 1.62. The number of aliphatic carboxylic acids is 2. The number of hydrogen-bond donors (Lipinski definition) is 3. The van der Waals surface area contributed by atoms with Crippen LogP contribution in [0.1, 0.15) is 21.5 Å². The van der Waals surface area contributed by atoms with Gasteiger partial charge in [0.15, 0.2) is 0 Å². The van der Waals surface area contributed by atoms with Gasteiger partial charge in [0.1, 0.15) is 11.9 Å². The maximum Gasteiger partial charge on any atom is 0.328 e. The van der Waals surface area contributed by atoms with E-state index >= 15 is 0 Å². The first-order valence-corrected chi connectivity index (χ1v) is 9.60. The van der Waals surface area contributed by atoms with Gasteiger partial charge in [0.25, 0.3) is 0 Å². The Morgan fingerprint density at radius 1 is 1.10 bits per heavy atom. The lowest BCUT2D eigenvalue weighted by Gasteiger charge is -2.19. The van der Waals surface area contributed by atoms with Gasteiger partial charge in [-0.15, -0.1) is 11.3 Å². The first-order chi connectivity index (χ1) is 15.2. The number of rotatable bonds is 8. The lowest BCUT2D eigenvalue weighted by atomic mass is 10.1. The highest BCUT2D eigenvalue weighted by molar-refractivity contribution is 7.10. The molecule has 0 aliphatic heterocycles. The summed E-state index contributed by atoms with van der Waals surface area (Å²) < 4.78 is 28.1. The van der Waals surface area contributed by atoms with Crippen molar-refractivity contribution in [3.05, 3.63) is 77.0 Å². The van der Waals surface area contributed by atoms with E-state index in [0.717, 1.165) is 21.4 Å². The van der Waals surface area contributed by atoms with Gasteiger partial charge in [0.2, 0.25) is 0 Å². The molecule has 3 N–H and O–H groups in total. The fourth-order valence-electron chi connectivity index (χ4n) is 2.53. The van der Waals surface area contributed by atoms with Crippen molar-refractivity contribution in [2.24, 2.45) is 0 Å². The Labute approximate surface area is 177 Å². The number of thiophene rings is 1. The van der Waals surface area contributed by atoms with Crippen molar-refractivity contribution in [2.45, 2.75) is 12.5 Å². The Kier molecular flexibility index (Phi) is 7.18. The summed E-state index contributed by atoms with van der Waals surface area (Å²) in [6.07, 6.45) is 1.53. The summed E-state index contributed by atoms with van der Waals surface area (Å²) in [5.41, 5.74) is 0. The Bertz CT molecular complexity index is 1030. The van der Waals surface area contributed by atoms with Gasteiger partial charge in [-0.25, -0.2) is 9.59 Å². The molecule has 152 valence electrons. The van der Waals surface area contributed by atoms with E-state index in [4.69, 9.17) is 19.1 Å². The zero-order valence-corrected chi connectivity index (χ0v) is 16.3. The van der Waals surface area contributed by atoms with Crippen molar-refractivity contribution in [1.29, 1.82) is 0 Å². The van der Waals surface area contributed by atoms with Crippen molar-refractivity contribution in [1.82, 2.24) is 5.32 Å².